The summed E-state index contributed by atoms with van der Waals surface area (Å²) in [6.07, 6.45) is -2.96. The molecule has 9 rings (SSSR count). The fourth-order valence-electron chi connectivity index (χ4n) is 10.0. The fourth-order valence-corrected chi connectivity index (χ4v) is 12.2. The van der Waals surface area contributed by atoms with Gasteiger partial charge in [-0.25, -0.2) is 14.4 Å². The Bertz CT molecular complexity index is 3270. The zero-order chi connectivity index (χ0) is 57.1. The van der Waals surface area contributed by atoms with E-state index in [1.54, 1.807) is 20.3 Å². The SMILES string of the molecule is COc1ccc(C(Nc2ccn(C3O[C@H](COP(=O)(NCc4ccccc4)OCCSC(=O)C(C)(C)COC(c4ccccc4)(c4ccccc4)c4ccccc4)[C@@H](O)[C@@]3(C)O)c(=O)n2)(c2ccccc2)c2ccc(OC)cc2)cc1. The minimum atomic E-state index is -4.23. The van der Waals surface area contributed by atoms with Crippen LogP contribution in [-0.2, 0) is 45.6 Å². The van der Waals surface area contributed by atoms with Gasteiger partial charge in [-0.3, -0.25) is 18.4 Å². The smallest absolute Gasteiger partial charge is 0.405 e. The van der Waals surface area contributed by atoms with Gasteiger partial charge in [-0.2, -0.15) is 4.98 Å². The van der Waals surface area contributed by atoms with E-state index in [0.29, 0.717) is 11.5 Å². The predicted molar refractivity (Wildman–Crippen MR) is 314 cm³/mol. The molecule has 81 heavy (non-hydrogen) atoms. The molecule has 0 bridgehead atoms. The number of ether oxygens (including phenoxy) is 4. The molecule has 0 spiro atoms. The van der Waals surface area contributed by atoms with Crippen LogP contribution >= 0.6 is 19.5 Å². The van der Waals surface area contributed by atoms with Gasteiger partial charge in [-0.1, -0.05) is 188 Å². The largest absolute Gasteiger partial charge is 0.497 e. The summed E-state index contributed by atoms with van der Waals surface area (Å²) in [5, 5.41) is 29.8. The third kappa shape index (κ3) is 13.0. The number of nitrogens with zero attached hydrogens (tertiary/aromatic N) is 2. The van der Waals surface area contributed by atoms with Crippen LogP contribution in [0, 0.1) is 5.41 Å². The van der Waals surface area contributed by atoms with Crippen molar-refractivity contribution < 1.29 is 47.6 Å². The molecule has 1 aromatic heterocycles. The lowest BCUT2D eigenvalue weighted by Crippen LogP contribution is -2.46. The highest BCUT2D eigenvalue weighted by molar-refractivity contribution is 8.13. The number of carbonyl (C=O) groups excluding carboxylic acids is 1. The number of anilines is 1. The second kappa shape index (κ2) is 25.7. The number of nitrogens with one attached hydrogen (secondary N) is 2. The molecule has 1 fully saturated rings. The van der Waals surface area contributed by atoms with Gasteiger partial charge in [0, 0.05) is 18.5 Å². The lowest BCUT2D eigenvalue weighted by molar-refractivity contribution is -0.124. The summed E-state index contributed by atoms with van der Waals surface area (Å²) in [7, 11) is -1.04. The molecular weight excluding hydrogens is 1060 g/mol. The second-order valence-electron chi connectivity index (χ2n) is 20.4. The number of hydrogen-bond acceptors (Lipinski definition) is 14. The van der Waals surface area contributed by atoms with Crippen molar-refractivity contribution in [2.75, 3.05) is 45.1 Å². The summed E-state index contributed by atoms with van der Waals surface area (Å²) in [5.74, 6) is 1.62. The Kier molecular flexibility index (Phi) is 18.6. The lowest BCUT2D eigenvalue weighted by Gasteiger charge is -2.38. The van der Waals surface area contributed by atoms with Gasteiger partial charge in [-0.15, -0.1) is 0 Å². The Labute approximate surface area is 476 Å². The first-order chi connectivity index (χ1) is 39.1. The van der Waals surface area contributed by atoms with Crippen LogP contribution in [0.2, 0.25) is 0 Å². The third-order valence-electron chi connectivity index (χ3n) is 14.5. The van der Waals surface area contributed by atoms with Crippen LogP contribution < -0.4 is 25.6 Å². The van der Waals surface area contributed by atoms with E-state index in [0.717, 1.165) is 55.3 Å². The van der Waals surface area contributed by atoms with Crippen molar-refractivity contribution >= 4 is 30.4 Å². The number of benzene rings is 7. The Morgan fingerprint density at radius 2 is 1.16 bits per heavy atom. The highest BCUT2D eigenvalue weighted by Gasteiger charge is 2.54. The van der Waals surface area contributed by atoms with Crippen molar-refractivity contribution in [1.82, 2.24) is 14.6 Å². The van der Waals surface area contributed by atoms with Gasteiger partial charge in [0.1, 0.15) is 46.3 Å². The number of carbonyl (C=O) groups is 1. The van der Waals surface area contributed by atoms with Gasteiger partial charge in [0.15, 0.2) is 11.3 Å². The zero-order valence-corrected chi connectivity index (χ0v) is 47.5. The lowest BCUT2D eigenvalue weighted by atomic mass is 9.77. The highest BCUT2D eigenvalue weighted by atomic mass is 32.2. The molecule has 2 unspecified atom stereocenters. The molecule has 15 nitrogen and oxygen atoms in total. The first-order valence-corrected chi connectivity index (χ1v) is 29.1. The monoisotopic (exact) mass is 1130 g/mol. The quantitative estimate of drug-likeness (QED) is 0.0240. The minimum Gasteiger partial charge on any atom is -0.497 e. The predicted octanol–water partition coefficient (Wildman–Crippen LogP) is 10.9. The summed E-state index contributed by atoms with van der Waals surface area (Å²) in [6.45, 7) is 4.44. The topological polar surface area (TPSA) is 189 Å². The molecular formula is C64H67N4O11PS. The van der Waals surface area contributed by atoms with Crippen LogP contribution in [0.1, 0.15) is 65.9 Å². The maximum absolute atomic E-state index is 14.6. The number of methoxy groups -OCH3 is 2. The van der Waals surface area contributed by atoms with Crippen molar-refractivity contribution in [2.45, 2.75) is 62.5 Å². The summed E-state index contributed by atoms with van der Waals surface area (Å²) in [4.78, 5) is 32.8. The summed E-state index contributed by atoms with van der Waals surface area (Å²) in [6, 6.07) is 65.5. The van der Waals surface area contributed by atoms with Crippen molar-refractivity contribution in [3.8, 4) is 11.5 Å². The second-order valence-corrected chi connectivity index (χ2v) is 23.3. The molecule has 7 aromatic carbocycles. The Morgan fingerprint density at radius 3 is 1.64 bits per heavy atom. The molecule has 5 atom stereocenters. The van der Waals surface area contributed by atoms with E-state index >= 15 is 0 Å². The number of aromatic nitrogens is 2. The summed E-state index contributed by atoms with van der Waals surface area (Å²) in [5.41, 5.74) is -0.0137. The van der Waals surface area contributed by atoms with Crippen molar-refractivity contribution in [3.05, 3.63) is 262 Å². The van der Waals surface area contributed by atoms with Crippen LogP contribution in [0.25, 0.3) is 0 Å². The van der Waals surface area contributed by atoms with E-state index in [2.05, 4.69) is 15.4 Å². The third-order valence-corrected chi connectivity index (χ3v) is 17.2. The van der Waals surface area contributed by atoms with E-state index in [9.17, 15) is 24.4 Å². The number of hydrogen-bond donors (Lipinski definition) is 4. The van der Waals surface area contributed by atoms with E-state index in [-0.39, 0.29) is 36.4 Å². The Hall–Kier alpha value is -7.21. The van der Waals surface area contributed by atoms with Crippen LogP contribution in [0.4, 0.5) is 5.82 Å². The number of rotatable bonds is 25. The molecule has 2 heterocycles. The van der Waals surface area contributed by atoms with Crippen molar-refractivity contribution in [3.63, 3.8) is 0 Å². The molecule has 0 amide bonds. The fraction of sp³-hybridized carbons (Fsp3) is 0.266. The van der Waals surface area contributed by atoms with E-state index in [1.165, 1.54) is 13.1 Å². The molecule has 8 aromatic rings. The van der Waals surface area contributed by atoms with Gasteiger partial charge >= 0.3 is 13.4 Å². The summed E-state index contributed by atoms with van der Waals surface area (Å²) < 4.78 is 52.0. The molecule has 0 radical (unpaired) electrons. The Morgan fingerprint density at radius 1 is 0.691 bits per heavy atom. The van der Waals surface area contributed by atoms with Gasteiger partial charge in [-0.05, 0) is 90.0 Å². The average Bonchev–Trinajstić information content (AvgIpc) is 3.84. The molecule has 0 saturated carbocycles. The molecule has 1 saturated heterocycles. The highest BCUT2D eigenvalue weighted by Crippen LogP contribution is 2.48. The van der Waals surface area contributed by atoms with Crippen LogP contribution in [-0.4, -0.2) is 82.5 Å². The molecule has 4 N–H and O–H groups in total. The zero-order valence-electron chi connectivity index (χ0n) is 45.8. The van der Waals surface area contributed by atoms with E-state index in [1.807, 2.05) is 214 Å². The molecule has 0 aliphatic carbocycles. The molecule has 17 heteroatoms. The first-order valence-electron chi connectivity index (χ1n) is 26.6. The van der Waals surface area contributed by atoms with E-state index in [4.69, 9.17) is 28.0 Å². The minimum absolute atomic E-state index is 0.0560. The van der Waals surface area contributed by atoms with Gasteiger partial charge in [0.25, 0.3) is 0 Å². The van der Waals surface area contributed by atoms with Crippen molar-refractivity contribution in [2.24, 2.45) is 5.41 Å². The molecule has 1 aliphatic rings. The maximum Gasteiger partial charge on any atom is 0.405 e. The summed E-state index contributed by atoms with van der Waals surface area (Å²) >= 11 is 1.02. The van der Waals surface area contributed by atoms with Gasteiger partial charge in [0.05, 0.1) is 39.5 Å². The van der Waals surface area contributed by atoms with Crippen LogP contribution in [0.3, 0.4) is 0 Å². The van der Waals surface area contributed by atoms with Crippen LogP contribution in [0.5, 0.6) is 11.5 Å². The standard InChI is InChI=1S/C64H67N4O11PS/c1-61(2,45-76-64(50-25-15-8-16-26-50,51-27-17-9-18-28-51)52-29-19-10-20-30-52)59(70)81-42-41-77-80(73,65-43-46-21-11-6-12-22-46)78-44-55-57(69)62(3,72)58(79-55)68-40-39-56(66-60(68)71)67-63(47-23-13-7-14-24-47,48-31-35-53(74-4)36-32-48)49-33-37-54(75-5)38-34-49/h6-40,55,57-58,69,72H,41-45H2,1-5H3,(H,65,73)(H,66,67,71)/t55-,57-,58?,62-,80?/m1/s1. The number of aliphatic hydroxyl groups excluding tert-OH is 1. The van der Waals surface area contributed by atoms with Crippen LogP contribution in [0.15, 0.2) is 217 Å². The first kappa shape index (κ1) is 58.4. The van der Waals surface area contributed by atoms with E-state index < -0.39 is 60.6 Å². The molecule has 420 valence electrons. The van der Waals surface area contributed by atoms with Gasteiger partial charge < -0.3 is 34.5 Å². The van der Waals surface area contributed by atoms with Gasteiger partial charge in [0.2, 0.25) is 0 Å². The normalized spacial score (nSPS) is 18.2. The number of aliphatic hydroxyl groups is 2. The number of thioether (sulfide) groups is 1. The maximum atomic E-state index is 14.6. The average molecular weight is 1130 g/mol. The van der Waals surface area contributed by atoms with Crippen molar-refractivity contribution in [1.29, 1.82) is 0 Å². The Balaban J connectivity index is 0.894. The molecule has 1 aliphatic heterocycles.